The van der Waals surface area contributed by atoms with Gasteiger partial charge in [0.05, 0.1) is 5.69 Å². The molecule has 0 aliphatic rings. The van der Waals surface area contributed by atoms with Crippen molar-refractivity contribution in [3.8, 4) is 34.5 Å². The highest BCUT2D eigenvalue weighted by atomic mass is 32.1. The first-order valence-electron chi connectivity index (χ1n) is 8.88. The Labute approximate surface area is 175 Å². The molecule has 0 atom stereocenters. The fourth-order valence-electron chi connectivity index (χ4n) is 2.74. The van der Waals surface area contributed by atoms with Gasteiger partial charge in [-0.1, -0.05) is 12.0 Å². The maximum absolute atomic E-state index is 13.2. The molecule has 1 N–H and O–H groups in total. The number of pyridine rings is 1. The lowest BCUT2D eigenvalue weighted by Crippen LogP contribution is -2.14. The molecule has 0 bridgehead atoms. The van der Waals surface area contributed by atoms with Crippen molar-refractivity contribution in [3.63, 3.8) is 0 Å². The van der Waals surface area contributed by atoms with Crippen molar-refractivity contribution in [2.24, 2.45) is 7.05 Å². The van der Waals surface area contributed by atoms with Gasteiger partial charge in [-0.05, 0) is 49.2 Å². The van der Waals surface area contributed by atoms with E-state index in [9.17, 15) is 9.18 Å². The van der Waals surface area contributed by atoms with E-state index in [0.29, 0.717) is 33.5 Å². The molecular formula is C21H15FN6OS. The number of carbonyl (C=O) groups excluding carboxylic acids is 1. The van der Waals surface area contributed by atoms with Crippen LogP contribution in [0.2, 0.25) is 0 Å². The van der Waals surface area contributed by atoms with Crippen LogP contribution in [0.4, 0.5) is 9.52 Å². The number of nitrogens with zero attached hydrogens (tertiary/aromatic N) is 5. The van der Waals surface area contributed by atoms with Crippen molar-refractivity contribution < 1.29 is 9.18 Å². The Morgan fingerprint density at radius 3 is 2.67 bits per heavy atom. The van der Waals surface area contributed by atoms with Crippen LogP contribution in [-0.4, -0.2) is 30.9 Å². The van der Waals surface area contributed by atoms with Crippen LogP contribution in [0.1, 0.15) is 23.1 Å². The molecule has 1 amide bonds. The molecule has 4 aromatic rings. The van der Waals surface area contributed by atoms with E-state index in [1.807, 2.05) is 18.2 Å². The van der Waals surface area contributed by atoms with Crippen LogP contribution in [0.25, 0.3) is 22.6 Å². The third-order valence-electron chi connectivity index (χ3n) is 4.04. The largest absolute Gasteiger partial charge is 0.296 e. The minimum absolute atomic E-state index is 0.124. The monoisotopic (exact) mass is 418 g/mol. The summed E-state index contributed by atoms with van der Waals surface area (Å²) < 4.78 is 13.2. The Morgan fingerprint density at radius 2 is 1.90 bits per heavy atom. The van der Waals surface area contributed by atoms with Crippen LogP contribution >= 0.6 is 11.3 Å². The first kappa shape index (κ1) is 19.4. The maximum Gasteiger partial charge on any atom is 0.280 e. The molecule has 1 aromatic carbocycles. The van der Waals surface area contributed by atoms with Crippen molar-refractivity contribution in [2.75, 3.05) is 5.32 Å². The SMILES string of the molecule is CC#Cc1cccc(-c2csc(NC(=O)c3nn(C)nc3-c3ccc(F)cc3)n2)n1. The molecule has 148 valence electrons. The van der Waals surface area contributed by atoms with E-state index >= 15 is 0 Å². The van der Waals surface area contributed by atoms with E-state index in [0.717, 1.165) is 0 Å². The summed E-state index contributed by atoms with van der Waals surface area (Å²) in [7, 11) is 1.61. The number of rotatable bonds is 4. The molecule has 0 unspecified atom stereocenters. The van der Waals surface area contributed by atoms with Crippen molar-refractivity contribution in [3.05, 3.63) is 65.0 Å². The minimum atomic E-state index is -0.457. The first-order valence-corrected chi connectivity index (χ1v) is 9.76. The summed E-state index contributed by atoms with van der Waals surface area (Å²) in [6.07, 6.45) is 0. The topological polar surface area (TPSA) is 85.6 Å². The Kier molecular flexibility index (Phi) is 5.32. The van der Waals surface area contributed by atoms with Gasteiger partial charge in [-0.3, -0.25) is 10.1 Å². The predicted octanol–water partition coefficient (Wildman–Crippen LogP) is 3.76. The van der Waals surface area contributed by atoms with E-state index in [2.05, 4.69) is 37.3 Å². The molecular weight excluding hydrogens is 403 g/mol. The predicted molar refractivity (Wildman–Crippen MR) is 112 cm³/mol. The Balaban J connectivity index is 1.58. The average molecular weight is 418 g/mol. The normalized spacial score (nSPS) is 10.4. The zero-order valence-corrected chi connectivity index (χ0v) is 16.9. The molecule has 0 aliphatic heterocycles. The lowest BCUT2D eigenvalue weighted by Gasteiger charge is -2.01. The Morgan fingerprint density at radius 1 is 1.10 bits per heavy atom. The molecule has 0 radical (unpaired) electrons. The second-order valence-corrected chi connectivity index (χ2v) is 7.03. The van der Waals surface area contributed by atoms with E-state index in [1.165, 1.54) is 28.3 Å². The van der Waals surface area contributed by atoms with Gasteiger partial charge in [0.25, 0.3) is 5.91 Å². The van der Waals surface area contributed by atoms with Gasteiger partial charge in [-0.25, -0.2) is 14.4 Å². The second kappa shape index (κ2) is 8.23. The van der Waals surface area contributed by atoms with E-state index in [1.54, 1.807) is 31.5 Å². The third kappa shape index (κ3) is 4.09. The summed E-state index contributed by atoms with van der Waals surface area (Å²) in [6.45, 7) is 1.75. The molecule has 0 spiro atoms. The standard InChI is InChI=1S/C21H15FN6OS/c1-3-5-15-6-4-7-16(23-15)17-12-30-21(24-17)25-20(29)19-18(26-28(2)27-19)13-8-10-14(22)11-9-13/h4,6-12H,1-2H3,(H,24,25,29). The first-order chi connectivity index (χ1) is 14.5. The van der Waals surface area contributed by atoms with Crippen LogP contribution < -0.4 is 5.32 Å². The van der Waals surface area contributed by atoms with Gasteiger partial charge in [-0.2, -0.15) is 9.90 Å². The molecule has 7 nitrogen and oxygen atoms in total. The highest BCUT2D eigenvalue weighted by Crippen LogP contribution is 2.25. The number of carbonyl (C=O) groups is 1. The lowest BCUT2D eigenvalue weighted by molar-refractivity contribution is 0.102. The van der Waals surface area contributed by atoms with Crippen LogP contribution in [0.15, 0.2) is 47.8 Å². The summed E-state index contributed by atoms with van der Waals surface area (Å²) in [5.74, 6) is 4.90. The van der Waals surface area contributed by atoms with Crippen LogP contribution in [-0.2, 0) is 7.05 Å². The number of benzene rings is 1. The van der Waals surface area contributed by atoms with Crippen molar-refractivity contribution in [1.29, 1.82) is 0 Å². The summed E-state index contributed by atoms with van der Waals surface area (Å²) in [4.78, 5) is 23.0. The van der Waals surface area contributed by atoms with Crippen molar-refractivity contribution in [1.82, 2.24) is 25.0 Å². The van der Waals surface area contributed by atoms with Gasteiger partial charge in [0.2, 0.25) is 0 Å². The van der Waals surface area contributed by atoms with Gasteiger partial charge in [-0.15, -0.1) is 16.4 Å². The van der Waals surface area contributed by atoms with Crippen LogP contribution in [0, 0.1) is 17.7 Å². The highest BCUT2D eigenvalue weighted by Gasteiger charge is 2.20. The smallest absolute Gasteiger partial charge is 0.280 e. The molecule has 0 fully saturated rings. The van der Waals surface area contributed by atoms with E-state index in [4.69, 9.17) is 0 Å². The highest BCUT2D eigenvalue weighted by molar-refractivity contribution is 7.14. The Hall–Kier alpha value is -3.90. The number of thiazole rings is 1. The molecule has 0 saturated carbocycles. The second-order valence-electron chi connectivity index (χ2n) is 6.17. The number of aryl methyl sites for hydroxylation is 1. The number of hydrogen-bond acceptors (Lipinski definition) is 6. The quantitative estimate of drug-likeness (QED) is 0.510. The number of aromatic nitrogens is 5. The minimum Gasteiger partial charge on any atom is -0.296 e. The Bertz CT molecular complexity index is 1280. The summed E-state index contributed by atoms with van der Waals surface area (Å²) >= 11 is 1.27. The average Bonchev–Trinajstić information content (AvgIpc) is 3.36. The molecule has 30 heavy (non-hydrogen) atoms. The number of hydrogen-bond donors (Lipinski definition) is 1. The van der Waals surface area contributed by atoms with Gasteiger partial charge in [0.15, 0.2) is 10.8 Å². The van der Waals surface area contributed by atoms with Gasteiger partial charge in [0.1, 0.15) is 22.9 Å². The van der Waals surface area contributed by atoms with E-state index < -0.39 is 5.91 Å². The van der Waals surface area contributed by atoms with Gasteiger partial charge >= 0.3 is 0 Å². The zero-order valence-electron chi connectivity index (χ0n) is 16.0. The molecule has 0 saturated heterocycles. The lowest BCUT2D eigenvalue weighted by atomic mass is 10.1. The fraction of sp³-hybridized carbons (Fsp3) is 0.0952. The number of amides is 1. The van der Waals surface area contributed by atoms with Crippen molar-refractivity contribution in [2.45, 2.75) is 6.92 Å². The third-order valence-corrected chi connectivity index (χ3v) is 4.79. The number of anilines is 1. The number of nitrogens with one attached hydrogen (secondary N) is 1. The molecule has 3 aromatic heterocycles. The van der Waals surface area contributed by atoms with Crippen molar-refractivity contribution >= 4 is 22.4 Å². The molecule has 3 heterocycles. The summed E-state index contributed by atoms with van der Waals surface area (Å²) in [5, 5.41) is 13.3. The van der Waals surface area contributed by atoms with Gasteiger partial charge in [0, 0.05) is 18.0 Å². The van der Waals surface area contributed by atoms with Crippen LogP contribution in [0.3, 0.4) is 0 Å². The molecule has 4 rings (SSSR count). The summed E-state index contributed by atoms with van der Waals surface area (Å²) in [5.41, 5.74) is 3.02. The summed E-state index contributed by atoms with van der Waals surface area (Å²) in [6, 6.07) is 11.2. The van der Waals surface area contributed by atoms with E-state index in [-0.39, 0.29) is 11.5 Å². The van der Waals surface area contributed by atoms with Crippen LogP contribution in [0.5, 0.6) is 0 Å². The molecule has 0 aliphatic carbocycles. The zero-order chi connectivity index (χ0) is 21.1. The number of halogens is 1. The fourth-order valence-corrected chi connectivity index (χ4v) is 3.44. The maximum atomic E-state index is 13.2. The van der Waals surface area contributed by atoms with Gasteiger partial charge < -0.3 is 0 Å². The molecule has 9 heteroatoms.